The number of benzene rings is 1. The van der Waals surface area contributed by atoms with E-state index < -0.39 is 5.97 Å². The van der Waals surface area contributed by atoms with E-state index >= 15 is 0 Å². The predicted octanol–water partition coefficient (Wildman–Crippen LogP) is 2.38. The third-order valence-corrected chi connectivity index (χ3v) is 4.51. The SMILES string of the molecule is CNC(=O)c1cc2c(-n3cc(C(=O)OC)cn3)cc(C3CC3)cc2[nH]1. The second-order valence-electron chi connectivity index (χ2n) is 6.20. The molecular weight excluding hydrogens is 320 g/mol. The molecule has 0 saturated heterocycles. The molecule has 0 unspecified atom stereocenters. The van der Waals surface area contributed by atoms with Gasteiger partial charge in [-0.1, -0.05) is 0 Å². The monoisotopic (exact) mass is 338 g/mol. The van der Waals surface area contributed by atoms with E-state index in [4.69, 9.17) is 4.74 Å². The summed E-state index contributed by atoms with van der Waals surface area (Å²) in [6, 6.07) is 5.98. The van der Waals surface area contributed by atoms with Gasteiger partial charge in [0.05, 0.1) is 24.6 Å². The number of carbonyl (C=O) groups is 2. The Bertz CT molecular complexity index is 982. The number of hydrogen-bond donors (Lipinski definition) is 2. The topological polar surface area (TPSA) is 89.0 Å². The van der Waals surface area contributed by atoms with Crippen LogP contribution in [0.25, 0.3) is 16.6 Å². The quantitative estimate of drug-likeness (QED) is 0.715. The van der Waals surface area contributed by atoms with E-state index in [-0.39, 0.29) is 5.91 Å². The van der Waals surface area contributed by atoms with Crippen molar-refractivity contribution in [3.8, 4) is 5.69 Å². The number of aromatic amines is 1. The molecule has 1 aliphatic carbocycles. The zero-order valence-electron chi connectivity index (χ0n) is 14.0. The number of ether oxygens (including phenoxy) is 1. The Labute approximate surface area is 144 Å². The first-order valence-electron chi connectivity index (χ1n) is 8.13. The van der Waals surface area contributed by atoms with Gasteiger partial charge >= 0.3 is 5.97 Å². The smallest absolute Gasteiger partial charge is 0.341 e. The second-order valence-corrected chi connectivity index (χ2v) is 6.20. The number of amides is 1. The van der Waals surface area contributed by atoms with E-state index in [1.807, 2.05) is 0 Å². The molecule has 1 fully saturated rings. The van der Waals surface area contributed by atoms with Gasteiger partial charge in [0.25, 0.3) is 5.91 Å². The van der Waals surface area contributed by atoms with Crippen LogP contribution in [0.5, 0.6) is 0 Å². The molecule has 0 atom stereocenters. The maximum atomic E-state index is 12.0. The van der Waals surface area contributed by atoms with E-state index in [9.17, 15) is 9.59 Å². The average Bonchev–Trinajstić information content (AvgIpc) is 3.20. The summed E-state index contributed by atoms with van der Waals surface area (Å²) in [5.41, 5.74) is 3.80. The molecule has 4 rings (SSSR count). The van der Waals surface area contributed by atoms with E-state index in [1.54, 1.807) is 24.0 Å². The number of methoxy groups -OCH3 is 1. The number of esters is 1. The van der Waals surface area contributed by atoms with E-state index in [0.29, 0.717) is 17.2 Å². The van der Waals surface area contributed by atoms with E-state index in [1.165, 1.54) is 31.7 Å². The number of nitrogens with zero attached hydrogens (tertiary/aromatic N) is 2. The largest absolute Gasteiger partial charge is 0.465 e. The summed E-state index contributed by atoms with van der Waals surface area (Å²) in [6.45, 7) is 0. The third-order valence-electron chi connectivity index (χ3n) is 4.51. The molecule has 1 saturated carbocycles. The van der Waals surface area contributed by atoms with Crippen molar-refractivity contribution < 1.29 is 14.3 Å². The molecule has 2 N–H and O–H groups in total. The molecule has 7 nitrogen and oxygen atoms in total. The van der Waals surface area contributed by atoms with Crippen molar-refractivity contribution in [2.45, 2.75) is 18.8 Å². The van der Waals surface area contributed by atoms with Crippen molar-refractivity contribution >= 4 is 22.8 Å². The van der Waals surface area contributed by atoms with Gasteiger partial charge < -0.3 is 15.0 Å². The Morgan fingerprint density at radius 3 is 2.80 bits per heavy atom. The summed E-state index contributed by atoms with van der Waals surface area (Å²) in [6.07, 6.45) is 5.46. The molecule has 1 amide bonds. The van der Waals surface area contributed by atoms with Crippen LogP contribution >= 0.6 is 0 Å². The summed E-state index contributed by atoms with van der Waals surface area (Å²) < 4.78 is 6.40. The van der Waals surface area contributed by atoms with Crippen LogP contribution in [0.1, 0.15) is 45.2 Å². The third kappa shape index (κ3) is 2.67. The van der Waals surface area contributed by atoms with Crippen LogP contribution in [0.2, 0.25) is 0 Å². The molecule has 0 bridgehead atoms. The minimum Gasteiger partial charge on any atom is -0.465 e. The maximum absolute atomic E-state index is 12.0. The zero-order valence-corrected chi connectivity index (χ0v) is 14.0. The Morgan fingerprint density at radius 2 is 2.12 bits per heavy atom. The van der Waals surface area contributed by atoms with E-state index in [2.05, 4.69) is 27.5 Å². The van der Waals surface area contributed by atoms with Gasteiger partial charge in [-0.3, -0.25) is 4.79 Å². The Kier molecular flexibility index (Phi) is 3.56. The van der Waals surface area contributed by atoms with E-state index in [0.717, 1.165) is 16.6 Å². The molecule has 2 aromatic heterocycles. The van der Waals surface area contributed by atoms with Gasteiger partial charge in [0.1, 0.15) is 5.69 Å². The van der Waals surface area contributed by atoms with Crippen molar-refractivity contribution in [2.75, 3.05) is 14.2 Å². The fraction of sp³-hybridized carbons (Fsp3) is 0.278. The Balaban J connectivity index is 1.88. The van der Waals surface area contributed by atoms with Crippen molar-refractivity contribution in [2.24, 2.45) is 0 Å². The highest BCUT2D eigenvalue weighted by Gasteiger charge is 2.26. The molecule has 2 heterocycles. The lowest BCUT2D eigenvalue weighted by Crippen LogP contribution is -2.17. The predicted molar refractivity (Wildman–Crippen MR) is 92.1 cm³/mol. The van der Waals surface area contributed by atoms with Gasteiger partial charge in [0.2, 0.25) is 0 Å². The first kappa shape index (κ1) is 15.4. The standard InChI is InChI=1S/C18H18N4O3/c1-19-17(23)15-7-13-14(21-15)5-11(10-3-4-10)6-16(13)22-9-12(8-20-22)18(24)25-2/h5-10,21H,3-4H2,1-2H3,(H,19,23). The minimum absolute atomic E-state index is 0.175. The van der Waals surface area contributed by atoms with Crippen molar-refractivity contribution in [1.82, 2.24) is 20.1 Å². The molecule has 128 valence electrons. The van der Waals surface area contributed by atoms with Crippen LogP contribution < -0.4 is 5.32 Å². The Morgan fingerprint density at radius 1 is 1.32 bits per heavy atom. The van der Waals surface area contributed by atoms with Crippen molar-refractivity contribution in [3.63, 3.8) is 0 Å². The fourth-order valence-electron chi connectivity index (χ4n) is 3.02. The molecule has 7 heteroatoms. The molecule has 25 heavy (non-hydrogen) atoms. The number of rotatable bonds is 4. The highest BCUT2D eigenvalue weighted by molar-refractivity contribution is 6.00. The van der Waals surface area contributed by atoms with Crippen LogP contribution in [0.4, 0.5) is 0 Å². The normalized spacial score (nSPS) is 13.8. The molecule has 0 radical (unpaired) electrons. The Hall–Kier alpha value is -3.09. The second kappa shape index (κ2) is 5.77. The summed E-state index contributed by atoms with van der Waals surface area (Å²) >= 11 is 0. The number of aromatic nitrogens is 3. The van der Waals surface area contributed by atoms with Crippen LogP contribution in [-0.2, 0) is 4.74 Å². The van der Waals surface area contributed by atoms with Crippen LogP contribution in [0.15, 0.2) is 30.6 Å². The zero-order chi connectivity index (χ0) is 17.6. The number of nitrogens with one attached hydrogen (secondary N) is 2. The first-order chi connectivity index (χ1) is 12.1. The molecule has 1 aliphatic rings. The number of fused-ring (bicyclic) bond motifs is 1. The van der Waals surface area contributed by atoms with Gasteiger partial charge in [-0.25, -0.2) is 9.48 Å². The van der Waals surface area contributed by atoms with Crippen LogP contribution in [-0.4, -0.2) is 40.8 Å². The molecule has 0 spiro atoms. The van der Waals surface area contributed by atoms with Gasteiger partial charge in [-0.05, 0) is 42.5 Å². The first-order valence-corrected chi connectivity index (χ1v) is 8.13. The van der Waals surface area contributed by atoms with Gasteiger partial charge in [-0.15, -0.1) is 0 Å². The summed E-state index contributed by atoms with van der Waals surface area (Å²) in [7, 11) is 2.94. The lowest BCUT2D eigenvalue weighted by molar-refractivity contribution is 0.0600. The van der Waals surface area contributed by atoms with Crippen molar-refractivity contribution in [3.05, 3.63) is 47.4 Å². The highest BCUT2D eigenvalue weighted by atomic mass is 16.5. The fourth-order valence-corrected chi connectivity index (χ4v) is 3.02. The molecular formula is C18H18N4O3. The molecule has 0 aliphatic heterocycles. The van der Waals surface area contributed by atoms with Gasteiger partial charge in [0, 0.05) is 24.1 Å². The highest BCUT2D eigenvalue weighted by Crippen LogP contribution is 2.42. The number of hydrogen-bond acceptors (Lipinski definition) is 4. The summed E-state index contributed by atoms with van der Waals surface area (Å²) in [5.74, 6) is -0.0580. The summed E-state index contributed by atoms with van der Waals surface area (Å²) in [4.78, 5) is 26.8. The van der Waals surface area contributed by atoms with Crippen molar-refractivity contribution in [1.29, 1.82) is 0 Å². The number of carbonyl (C=O) groups excluding carboxylic acids is 2. The lowest BCUT2D eigenvalue weighted by atomic mass is 10.1. The molecule has 1 aromatic carbocycles. The van der Waals surface area contributed by atoms with Crippen LogP contribution in [0.3, 0.4) is 0 Å². The molecule has 3 aromatic rings. The summed E-state index contributed by atoms with van der Waals surface area (Å²) in [5, 5.41) is 7.80. The lowest BCUT2D eigenvalue weighted by Gasteiger charge is -2.07. The minimum atomic E-state index is -0.430. The average molecular weight is 338 g/mol. The van der Waals surface area contributed by atoms with Crippen LogP contribution in [0, 0.1) is 0 Å². The van der Waals surface area contributed by atoms with Gasteiger partial charge in [-0.2, -0.15) is 5.10 Å². The maximum Gasteiger partial charge on any atom is 0.341 e. The number of H-pyrrole nitrogens is 1. The van der Waals surface area contributed by atoms with Gasteiger partial charge in [0.15, 0.2) is 0 Å².